The Morgan fingerprint density at radius 2 is 2.13 bits per heavy atom. The normalized spacial score (nSPS) is 11.9. The molecule has 5 nitrogen and oxygen atoms in total. The van der Waals surface area contributed by atoms with E-state index >= 15 is 0 Å². The van der Waals surface area contributed by atoms with Gasteiger partial charge in [-0.05, 0) is 12.8 Å². The molecular weight excluding hydrogens is 192 g/mol. The van der Waals surface area contributed by atoms with Crippen molar-refractivity contribution in [3.05, 3.63) is 12.4 Å². The molecule has 1 aromatic rings. The first-order valence-electron chi connectivity index (χ1n) is 5.47. The largest absolute Gasteiger partial charge is 0.389 e. The van der Waals surface area contributed by atoms with Crippen LogP contribution in [0, 0.1) is 0 Å². The van der Waals surface area contributed by atoms with E-state index in [-0.39, 0.29) is 0 Å². The van der Waals surface area contributed by atoms with Gasteiger partial charge in [-0.2, -0.15) is 0 Å². The predicted octanol–water partition coefficient (Wildman–Crippen LogP) is 0.419. The predicted molar refractivity (Wildman–Crippen MR) is 58.4 cm³/mol. The molecule has 0 amide bonds. The fourth-order valence-electron chi connectivity index (χ4n) is 1.37. The van der Waals surface area contributed by atoms with E-state index in [2.05, 4.69) is 15.6 Å². The number of rotatable bonds is 7. The second kappa shape index (κ2) is 5.82. The second-order valence-corrected chi connectivity index (χ2v) is 3.77. The maximum absolute atomic E-state index is 9.99. The smallest absolute Gasteiger partial charge is 0.0766 e. The van der Waals surface area contributed by atoms with Gasteiger partial charge in [-0.1, -0.05) is 19.1 Å². The van der Waals surface area contributed by atoms with Gasteiger partial charge in [0.2, 0.25) is 0 Å². The maximum atomic E-state index is 9.99. The third-order valence-electron chi connectivity index (χ3n) is 2.76. The molecule has 0 bridgehead atoms. The van der Waals surface area contributed by atoms with Gasteiger partial charge >= 0.3 is 0 Å². The second-order valence-electron chi connectivity index (χ2n) is 3.77. The molecule has 0 saturated heterocycles. The minimum absolute atomic E-state index is 0.567. The molecule has 0 aliphatic rings. The van der Waals surface area contributed by atoms with Crippen molar-refractivity contribution in [2.45, 2.75) is 38.8 Å². The number of hydrogen-bond donors (Lipinski definition) is 2. The molecule has 0 spiro atoms. The highest BCUT2D eigenvalue weighted by atomic mass is 16.3. The Morgan fingerprint density at radius 1 is 1.40 bits per heavy atom. The average molecular weight is 212 g/mol. The van der Waals surface area contributed by atoms with Crippen molar-refractivity contribution in [3.8, 4) is 0 Å². The summed E-state index contributed by atoms with van der Waals surface area (Å²) >= 11 is 0. The molecule has 0 aromatic carbocycles. The molecule has 0 atom stereocenters. The lowest BCUT2D eigenvalue weighted by Crippen LogP contribution is -2.40. The Morgan fingerprint density at radius 3 is 2.67 bits per heavy atom. The summed E-state index contributed by atoms with van der Waals surface area (Å²) < 4.78 is 1.77. The zero-order valence-electron chi connectivity index (χ0n) is 9.48. The van der Waals surface area contributed by atoms with Gasteiger partial charge in [-0.3, -0.25) is 4.68 Å². The van der Waals surface area contributed by atoms with E-state index in [0.29, 0.717) is 6.54 Å². The topological polar surface area (TPSA) is 63.0 Å². The molecule has 0 aliphatic heterocycles. The van der Waals surface area contributed by atoms with Gasteiger partial charge < -0.3 is 10.4 Å². The van der Waals surface area contributed by atoms with Crippen molar-refractivity contribution >= 4 is 0 Å². The van der Waals surface area contributed by atoms with Gasteiger partial charge in [-0.25, -0.2) is 0 Å². The van der Waals surface area contributed by atoms with Gasteiger partial charge in [0.1, 0.15) is 0 Å². The van der Waals surface area contributed by atoms with E-state index in [1.54, 1.807) is 10.9 Å². The van der Waals surface area contributed by atoms with Gasteiger partial charge in [-0.15, -0.1) is 5.10 Å². The van der Waals surface area contributed by atoms with Crippen molar-refractivity contribution in [3.63, 3.8) is 0 Å². The molecule has 86 valence electrons. The Hall–Kier alpha value is -0.940. The summed E-state index contributed by atoms with van der Waals surface area (Å²) in [7, 11) is 0. The van der Waals surface area contributed by atoms with E-state index < -0.39 is 5.60 Å². The van der Waals surface area contributed by atoms with Crippen molar-refractivity contribution in [2.75, 3.05) is 13.1 Å². The number of nitrogens with one attached hydrogen (secondary N) is 1. The molecule has 0 fully saturated rings. The molecule has 1 aromatic heterocycles. The fourth-order valence-corrected chi connectivity index (χ4v) is 1.37. The number of hydrogen-bond acceptors (Lipinski definition) is 4. The van der Waals surface area contributed by atoms with Crippen LogP contribution in [0.5, 0.6) is 0 Å². The van der Waals surface area contributed by atoms with Crippen LogP contribution in [0.2, 0.25) is 0 Å². The van der Waals surface area contributed by atoms with Crippen LogP contribution in [-0.2, 0) is 6.54 Å². The molecule has 15 heavy (non-hydrogen) atoms. The summed E-state index contributed by atoms with van der Waals surface area (Å²) in [5, 5.41) is 20.8. The highest BCUT2D eigenvalue weighted by molar-refractivity contribution is 4.77. The molecule has 5 heteroatoms. The number of nitrogens with zero attached hydrogens (tertiary/aromatic N) is 3. The molecule has 1 rings (SSSR count). The van der Waals surface area contributed by atoms with Crippen LogP contribution >= 0.6 is 0 Å². The van der Waals surface area contributed by atoms with E-state index in [0.717, 1.165) is 25.9 Å². The Kier molecular flexibility index (Phi) is 4.71. The summed E-state index contributed by atoms with van der Waals surface area (Å²) in [6.45, 7) is 6.22. The monoisotopic (exact) mass is 212 g/mol. The molecule has 2 N–H and O–H groups in total. The summed E-state index contributed by atoms with van der Waals surface area (Å²) in [5.74, 6) is 0. The third-order valence-corrected chi connectivity index (χ3v) is 2.76. The molecule has 0 saturated carbocycles. The molecule has 0 aliphatic carbocycles. The average Bonchev–Trinajstić information content (AvgIpc) is 2.77. The first-order valence-corrected chi connectivity index (χ1v) is 5.47. The summed E-state index contributed by atoms with van der Waals surface area (Å²) in [4.78, 5) is 0. The Labute approximate surface area is 90.5 Å². The van der Waals surface area contributed by atoms with Gasteiger partial charge in [0.05, 0.1) is 18.3 Å². The lowest BCUT2D eigenvalue weighted by molar-refractivity contribution is 0.0325. The van der Waals surface area contributed by atoms with Crippen LogP contribution in [0.4, 0.5) is 0 Å². The Bertz CT molecular complexity index is 256. The highest BCUT2D eigenvalue weighted by Gasteiger charge is 2.20. The highest BCUT2D eigenvalue weighted by Crippen LogP contribution is 2.12. The van der Waals surface area contributed by atoms with Crippen molar-refractivity contribution < 1.29 is 5.11 Å². The molecular formula is C10H20N4O. The van der Waals surface area contributed by atoms with E-state index in [1.807, 2.05) is 20.0 Å². The molecule has 0 radical (unpaired) electrons. The zero-order valence-corrected chi connectivity index (χ0v) is 9.48. The van der Waals surface area contributed by atoms with E-state index in [9.17, 15) is 5.11 Å². The Balaban J connectivity index is 2.16. The van der Waals surface area contributed by atoms with Crippen LogP contribution in [-0.4, -0.2) is 38.8 Å². The van der Waals surface area contributed by atoms with Crippen LogP contribution in [0.15, 0.2) is 12.4 Å². The van der Waals surface area contributed by atoms with Crippen LogP contribution in [0.1, 0.15) is 26.7 Å². The van der Waals surface area contributed by atoms with Crippen LogP contribution in [0.3, 0.4) is 0 Å². The van der Waals surface area contributed by atoms with Crippen molar-refractivity contribution in [2.24, 2.45) is 0 Å². The van der Waals surface area contributed by atoms with Gasteiger partial charge in [0.15, 0.2) is 0 Å². The SMILES string of the molecule is CCC(O)(CC)CNCCn1ccnn1. The van der Waals surface area contributed by atoms with Gasteiger partial charge in [0, 0.05) is 19.3 Å². The summed E-state index contributed by atoms with van der Waals surface area (Å²) in [5.41, 5.74) is -0.567. The minimum atomic E-state index is -0.567. The third kappa shape index (κ3) is 3.97. The van der Waals surface area contributed by atoms with E-state index in [4.69, 9.17) is 0 Å². The lowest BCUT2D eigenvalue weighted by atomic mass is 9.98. The van der Waals surface area contributed by atoms with Gasteiger partial charge in [0.25, 0.3) is 0 Å². The summed E-state index contributed by atoms with van der Waals surface area (Å²) in [6, 6.07) is 0. The quantitative estimate of drug-likeness (QED) is 0.643. The standard InChI is InChI=1S/C10H20N4O/c1-3-10(15,4-2)9-11-5-7-14-8-6-12-13-14/h6,8,11,15H,3-5,7,9H2,1-2H3. The zero-order chi connectivity index (χ0) is 11.1. The number of aromatic nitrogens is 3. The molecule has 1 heterocycles. The van der Waals surface area contributed by atoms with Crippen molar-refractivity contribution in [1.29, 1.82) is 0 Å². The summed E-state index contributed by atoms with van der Waals surface area (Å²) in [6.07, 6.45) is 5.04. The van der Waals surface area contributed by atoms with Crippen LogP contribution < -0.4 is 5.32 Å². The van der Waals surface area contributed by atoms with Crippen LogP contribution in [0.25, 0.3) is 0 Å². The fraction of sp³-hybridized carbons (Fsp3) is 0.800. The lowest BCUT2D eigenvalue weighted by Gasteiger charge is -2.25. The van der Waals surface area contributed by atoms with E-state index in [1.165, 1.54) is 0 Å². The molecule has 0 unspecified atom stereocenters. The van der Waals surface area contributed by atoms with Crippen molar-refractivity contribution in [1.82, 2.24) is 20.3 Å². The minimum Gasteiger partial charge on any atom is -0.389 e. The maximum Gasteiger partial charge on any atom is 0.0766 e. The first-order chi connectivity index (χ1) is 7.20. The number of aliphatic hydroxyl groups is 1. The first kappa shape index (κ1) is 12.1.